The Morgan fingerprint density at radius 1 is 1.29 bits per heavy atom. The Hall–Kier alpha value is -3.27. The van der Waals surface area contributed by atoms with E-state index in [1.165, 1.54) is 19.2 Å². The Kier molecular flexibility index (Phi) is 4.90. The zero-order valence-corrected chi connectivity index (χ0v) is 13.3. The second-order valence-electron chi connectivity index (χ2n) is 5.27. The summed E-state index contributed by atoms with van der Waals surface area (Å²) in [5.41, 5.74) is -0.994. The molecule has 0 fully saturated rings. The largest absolute Gasteiger partial charge is 0.505 e. The van der Waals surface area contributed by atoms with Crippen LogP contribution in [-0.4, -0.2) is 24.1 Å². The molecule has 2 aromatic rings. The molecular formula is C17H17N3O4. The first-order valence-electron chi connectivity index (χ1n) is 7.25. The van der Waals surface area contributed by atoms with Gasteiger partial charge in [-0.15, -0.1) is 12.3 Å². The average molecular weight is 327 g/mol. The first-order valence-corrected chi connectivity index (χ1v) is 7.25. The molecule has 0 aliphatic rings. The monoisotopic (exact) mass is 327 g/mol. The second kappa shape index (κ2) is 6.87. The van der Waals surface area contributed by atoms with E-state index >= 15 is 0 Å². The van der Waals surface area contributed by atoms with Crippen molar-refractivity contribution in [3.05, 3.63) is 44.2 Å². The SMILES string of the molecule is C#CCC(C)Nc1c(Nc2cccc(C(=O)NC)c2O)c(=O)c1=O. The van der Waals surface area contributed by atoms with Crippen LogP contribution in [0.3, 0.4) is 0 Å². The highest BCUT2D eigenvalue weighted by atomic mass is 16.3. The summed E-state index contributed by atoms with van der Waals surface area (Å²) in [4.78, 5) is 35.2. The molecule has 0 heterocycles. The van der Waals surface area contributed by atoms with Crippen molar-refractivity contribution in [1.29, 1.82) is 0 Å². The standard InChI is InChI=1S/C17H17N3O4/c1-4-6-9(2)19-12-13(16(23)15(12)22)20-11-8-5-7-10(14(11)21)17(24)18-3/h1,5,7-9,19-21H,6H2,2-3H3,(H,18,24). The summed E-state index contributed by atoms with van der Waals surface area (Å²) in [6.45, 7) is 1.78. The van der Waals surface area contributed by atoms with Gasteiger partial charge in [0, 0.05) is 19.5 Å². The molecule has 1 amide bonds. The average Bonchev–Trinajstić information content (AvgIpc) is 2.58. The molecule has 2 rings (SSSR count). The van der Waals surface area contributed by atoms with E-state index in [-0.39, 0.29) is 34.4 Å². The highest BCUT2D eigenvalue weighted by Gasteiger charge is 2.23. The van der Waals surface area contributed by atoms with Crippen molar-refractivity contribution >= 4 is 23.0 Å². The van der Waals surface area contributed by atoms with E-state index in [1.54, 1.807) is 13.0 Å². The van der Waals surface area contributed by atoms with Crippen LogP contribution in [0.5, 0.6) is 5.75 Å². The number of terminal acetylenes is 1. The lowest BCUT2D eigenvalue weighted by atomic mass is 10.1. The van der Waals surface area contributed by atoms with Crippen LogP contribution < -0.4 is 26.8 Å². The number of carbonyl (C=O) groups is 1. The van der Waals surface area contributed by atoms with E-state index in [2.05, 4.69) is 21.9 Å². The number of phenolic OH excluding ortho intramolecular Hbond substituents is 1. The number of rotatable bonds is 6. The topological polar surface area (TPSA) is 108 Å². The Labute approximate surface area is 138 Å². The maximum Gasteiger partial charge on any atom is 0.254 e. The lowest BCUT2D eigenvalue weighted by Gasteiger charge is -2.19. The van der Waals surface area contributed by atoms with Gasteiger partial charge in [0.1, 0.15) is 11.4 Å². The molecular weight excluding hydrogens is 310 g/mol. The predicted molar refractivity (Wildman–Crippen MR) is 92.7 cm³/mol. The molecule has 0 aromatic heterocycles. The van der Waals surface area contributed by atoms with E-state index in [1.807, 2.05) is 0 Å². The summed E-state index contributed by atoms with van der Waals surface area (Å²) >= 11 is 0. The molecule has 7 heteroatoms. The predicted octanol–water partition coefficient (Wildman–Crippen LogP) is 0.915. The number of carbonyl (C=O) groups excluding carboxylic acids is 1. The number of aromatic hydroxyl groups is 1. The van der Waals surface area contributed by atoms with E-state index in [0.29, 0.717) is 6.42 Å². The number of anilines is 3. The van der Waals surface area contributed by atoms with Crippen molar-refractivity contribution in [3.63, 3.8) is 0 Å². The van der Waals surface area contributed by atoms with Crippen LogP contribution in [0.15, 0.2) is 27.8 Å². The fraction of sp³-hybridized carbons (Fsp3) is 0.235. The number of benzene rings is 1. The summed E-state index contributed by atoms with van der Waals surface area (Å²) < 4.78 is 0. The molecule has 1 unspecified atom stereocenters. The fourth-order valence-corrected chi connectivity index (χ4v) is 2.22. The number of nitrogens with one attached hydrogen (secondary N) is 3. The smallest absolute Gasteiger partial charge is 0.254 e. The minimum atomic E-state index is -0.699. The van der Waals surface area contributed by atoms with Gasteiger partial charge >= 0.3 is 0 Å². The molecule has 0 radical (unpaired) electrons. The van der Waals surface area contributed by atoms with Crippen LogP contribution in [0.1, 0.15) is 23.7 Å². The Balaban J connectivity index is 2.32. The van der Waals surface area contributed by atoms with Gasteiger partial charge in [-0.3, -0.25) is 14.4 Å². The number of para-hydroxylation sites is 1. The highest BCUT2D eigenvalue weighted by molar-refractivity contribution is 5.99. The van der Waals surface area contributed by atoms with Crippen molar-refractivity contribution in [1.82, 2.24) is 5.32 Å². The minimum absolute atomic E-state index is 0.0354. The number of hydrogen-bond donors (Lipinski definition) is 4. The molecule has 7 nitrogen and oxygen atoms in total. The second-order valence-corrected chi connectivity index (χ2v) is 5.27. The van der Waals surface area contributed by atoms with Gasteiger partial charge in [0.2, 0.25) is 0 Å². The quantitative estimate of drug-likeness (QED) is 0.357. The van der Waals surface area contributed by atoms with Crippen molar-refractivity contribution in [2.75, 3.05) is 17.7 Å². The van der Waals surface area contributed by atoms with Crippen LogP contribution >= 0.6 is 0 Å². The molecule has 0 saturated carbocycles. The molecule has 0 spiro atoms. The summed E-state index contributed by atoms with van der Waals surface area (Å²) in [6.07, 6.45) is 5.60. The fourth-order valence-electron chi connectivity index (χ4n) is 2.22. The van der Waals surface area contributed by atoms with Crippen molar-refractivity contribution in [3.8, 4) is 18.1 Å². The Bertz CT molecular complexity index is 888. The van der Waals surface area contributed by atoms with Crippen molar-refractivity contribution < 1.29 is 9.90 Å². The zero-order chi connectivity index (χ0) is 17.9. The number of amides is 1. The van der Waals surface area contributed by atoms with Gasteiger partial charge in [-0.1, -0.05) is 6.07 Å². The minimum Gasteiger partial charge on any atom is -0.505 e. The normalized spacial score (nSPS) is 11.5. The third kappa shape index (κ3) is 3.08. The van der Waals surface area contributed by atoms with Crippen LogP contribution in [0.2, 0.25) is 0 Å². The highest BCUT2D eigenvalue weighted by Crippen LogP contribution is 2.31. The molecule has 124 valence electrons. The van der Waals surface area contributed by atoms with Crippen molar-refractivity contribution in [2.45, 2.75) is 19.4 Å². The van der Waals surface area contributed by atoms with Gasteiger partial charge < -0.3 is 21.1 Å². The van der Waals surface area contributed by atoms with Gasteiger partial charge in [-0.25, -0.2) is 0 Å². The molecule has 0 bridgehead atoms. The van der Waals surface area contributed by atoms with Gasteiger partial charge in [0.05, 0.1) is 11.3 Å². The van der Waals surface area contributed by atoms with Gasteiger partial charge in [-0.2, -0.15) is 0 Å². The first-order chi connectivity index (χ1) is 11.4. The lowest BCUT2D eigenvalue weighted by molar-refractivity contribution is 0.0960. The van der Waals surface area contributed by atoms with Crippen molar-refractivity contribution in [2.24, 2.45) is 0 Å². The van der Waals surface area contributed by atoms with E-state index in [9.17, 15) is 19.5 Å². The maximum absolute atomic E-state index is 11.8. The summed E-state index contributed by atoms with van der Waals surface area (Å²) in [5.74, 6) is 1.68. The molecule has 0 aliphatic carbocycles. The Morgan fingerprint density at radius 3 is 2.58 bits per heavy atom. The molecule has 1 atom stereocenters. The lowest BCUT2D eigenvalue weighted by Crippen LogP contribution is -2.38. The molecule has 2 aromatic carbocycles. The van der Waals surface area contributed by atoms with Crippen LogP contribution in [0, 0.1) is 12.3 Å². The maximum atomic E-state index is 11.8. The third-order valence-electron chi connectivity index (χ3n) is 3.49. The van der Waals surface area contributed by atoms with Gasteiger partial charge in [0.25, 0.3) is 16.8 Å². The first kappa shape index (κ1) is 17.1. The van der Waals surface area contributed by atoms with E-state index < -0.39 is 16.8 Å². The van der Waals surface area contributed by atoms with Crippen LogP contribution in [0.4, 0.5) is 17.1 Å². The summed E-state index contributed by atoms with van der Waals surface area (Å²) in [7, 11) is 1.44. The van der Waals surface area contributed by atoms with E-state index in [0.717, 1.165) is 0 Å². The summed E-state index contributed by atoms with van der Waals surface area (Å²) in [6, 6.07) is 4.29. The molecule has 0 saturated heterocycles. The van der Waals surface area contributed by atoms with Crippen LogP contribution in [0.25, 0.3) is 0 Å². The molecule has 0 aliphatic heterocycles. The number of phenols is 1. The summed E-state index contributed by atoms with van der Waals surface area (Å²) in [5, 5.41) is 18.2. The van der Waals surface area contributed by atoms with Crippen LogP contribution in [-0.2, 0) is 0 Å². The zero-order valence-electron chi connectivity index (χ0n) is 13.3. The van der Waals surface area contributed by atoms with Gasteiger partial charge in [-0.05, 0) is 19.1 Å². The third-order valence-corrected chi connectivity index (χ3v) is 3.49. The van der Waals surface area contributed by atoms with Gasteiger partial charge in [0.15, 0.2) is 5.75 Å². The Morgan fingerprint density at radius 2 is 1.96 bits per heavy atom. The molecule has 4 N–H and O–H groups in total. The molecule has 24 heavy (non-hydrogen) atoms. The number of hydrogen-bond acceptors (Lipinski definition) is 6. The van der Waals surface area contributed by atoms with E-state index in [4.69, 9.17) is 6.42 Å².